The molecule has 1 atom stereocenters. The Balaban J connectivity index is 2.34. The Labute approximate surface area is 147 Å². The van der Waals surface area contributed by atoms with Gasteiger partial charge in [-0.3, -0.25) is 4.79 Å². The summed E-state index contributed by atoms with van der Waals surface area (Å²) in [5.41, 5.74) is 0. The Hall–Kier alpha value is -1.49. The fourth-order valence-electron chi connectivity index (χ4n) is 2.27. The van der Waals surface area contributed by atoms with E-state index in [1.807, 2.05) is 6.92 Å². The van der Waals surface area contributed by atoms with Gasteiger partial charge in [-0.25, -0.2) is 21.6 Å². The Morgan fingerprint density at radius 2 is 1.72 bits per heavy atom. The lowest BCUT2D eigenvalue weighted by molar-refractivity contribution is -0.139. The smallest absolute Gasteiger partial charge is 0.321 e. The molecule has 0 spiro atoms. The average Bonchev–Trinajstić information content (AvgIpc) is 3.34. The third kappa shape index (κ3) is 5.24. The second kappa shape index (κ2) is 7.81. The standard InChI is InChI=1S/C15H22N2O6S2/c1-2-3-6-12(15(18)19)17-25(22,23)14-8-5-4-7-13(14)24(20,21)16-11-9-10-11/h4-5,7-8,11-12,16-17H,2-3,6,9-10H2,1H3,(H,18,19)/t12-/m0/s1. The van der Waals surface area contributed by atoms with Crippen LogP contribution in [0.1, 0.15) is 39.0 Å². The maximum absolute atomic E-state index is 12.6. The quantitative estimate of drug-likeness (QED) is 0.547. The summed E-state index contributed by atoms with van der Waals surface area (Å²) in [6.45, 7) is 1.86. The van der Waals surface area contributed by atoms with Gasteiger partial charge in [0.25, 0.3) is 0 Å². The number of rotatable bonds is 10. The monoisotopic (exact) mass is 390 g/mol. The summed E-state index contributed by atoms with van der Waals surface area (Å²) in [7, 11) is -8.31. The van der Waals surface area contributed by atoms with Crippen LogP contribution in [0.5, 0.6) is 0 Å². The van der Waals surface area contributed by atoms with Gasteiger partial charge in [0.05, 0.1) is 0 Å². The molecule has 0 heterocycles. The molecule has 1 aromatic rings. The number of carboxylic acid groups (broad SMARTS) is 1. The van der Waals surface area contributed by atoms with E-state index in [0.717, 1.165) is 6.07 Å². The summed E-state index contributed by atoms with van der Waals surface area (Å²) in [4.78, 5) is 10.5. The predicted molar refractivity (Wildman–Crippen MR) is 91.1 cm³/mol. The van der Waals surface area contributed by atoms with E-state index in [9.17, 15) is 26.7 Å². The highest BCUT2D eigenvalue weighted by molar-refractivity contribution is 7.92. The molecule has 1 aliphatic carbocycles. The van der Waals surface area contributed by atoms with E-state index in [4.69, 9.17) is 0 Å². The minimum absolute atomic E-state index is 0.125. The van der Waals surface area contributed by atoms with Gasteiger partial charge in [-0.15, -0.1) is 0 Å². The normalized spacial score (nSPS) is 16.5. The molecule has 0 saturated heterocycles. The third-order valence-corrected chi connectivity index (χ3v) is 7.01. The number of benzene rings is 1. The Bertz CT molecular complexity index is 831. The van der Waals surface area contributed by atoms with Crippen LogP contribution in [-0.4, -0.2) is 40.0 Å². The van der Waals surface area contributed by atoms with Crippen molar-refractivity contribution in [3.8, 4) is 0 Å². The van der Waals surface area contributed by atoms with Gasteiger partial charge in [0.15, 0.2) is 0 Å². The lowest BCUT2D eigenvalue weighted by atomic mass is 10.1. The summed E-state index contributed by atoms with van der Waals surface area (Å²) >= 11 is 0. The van der Waals surface area contributed by atoms with Gasteiger partial charge in [-0.05, 0) is 31.4 Å². The fraction of sp³-hybridized carbons (Fsp3) is 0.533. The van der Waals surface area contributed by atoms with Crippen molar-refractivity contribution in [2.24, 2.45) is 0 Å². The van der Waals surface area contributed by atoms with Crippen LogP contribution in [0, 0.1) is 0 Å². The molecule has 1 aliphatic rings. The number of hydrogen-bond acceptors (Lipinski definition) is 5. The van der Waals surface area contributed by atoms with Crippen LogP contribution in [0.15, 0.2) is 34.1 Å². The molecule has 10 heteroatoms. The molecular formula is C15H22N2O6S2. The summed E-state index contributed by atoms with van der Waals surface area (Å²) in [5.74, 6) is -1.30. The molecule has 1 saturated carbocycles. The lowest BCUT2D eigenvalue weighted by Crippen LogP contribution is -2.41. The maximum atomic E-state index is 12.6. The summed E-state index contributed by atoms with van der Waals surface area (Å²) in [6.07, 6.45) is 2.79. The van der Waals surface area contributed by atoms with Crippen molar-refractivity contribution in [2.75, 3.05) is 0 Å². The molecule has 8 nitrogen and oxygen atoms in total. The summed E-state index contributed by atoms with van der Waals surface area (Å²) in [6, 6.07) is 3.68. The molecule has 25 heavy (non-hydrogen) atoms. The Morgan fingerprint density at radius 1 is 1.16 bits per heavy atom. The van der Waals surface area contributed by atoms with Gasteiger partial charge >= 0.3 is 5.97 Å². The SMILES string of the molecule is CCCC[C@H](NS(=O)(=O)c1ccccc1S(=O)(=O)NC1CC1)C(=O)O. The van der Waals surface area contributed by atoms with E-state index in [-0.39, 0.29) is 17.4 Å². The second-order valence-corrected chi connectivity index (χ2v) is 9.36. The second-order valence-electron chi connectivity index (χ2n) is 6.00. The van der Waals surface area contributed by atoms with Crippen LogP contribution in [-0.2, 0) is 24.8 Å². The van der Waals surface area contributed by atoms with Crippen LogP contribution >= 0.6 is 0 Å². The largest absolute Gasteiger partial charge is 0.480 e. The predicted octanol–water partition coefficient (Wildman–Crippen LogP) is 1.05. The van der Waals surface area contributed by atoms with Gasteiger partial charge in [0.2, 0.25) is 20.0 Å². The Morgan fingerprint density at radius 3 is 2.20 bits per heavy atom. The first-order valence-corrected chi connectivity index (χ1v) is 11.0. The minimum atomic E-state index is -4.31. The van der Waals surface area contributed by atoms with Gasteiger partial charge < -0.3 is 5.11 Å². The number of carbonyl (C=O) groups is 1. The molecule has 0 radical (unpaired) electrons. The first kappa shape index (κ1) is 19.8. The van der Waals surface area contributed by atoms with Crippen molar-refractivity contribution < 1.29 is 26.7 Å². The van der Waals surface area contributed by atoms with E-state index in [1.54, 1.807) is 0 Å². The van der Waals surface area contributed by atoms with E-state index in [1.165, 1.54) is 18.2 Å². The first-order valence-electron chi connectivity index (χ1n) is 8.04. The van der Waals surface area contributed by atoms with Crippen molar-refractivity contribution in [3.63, 3.8) is 0 Å². The van der Waals surface area contributed by atoms with Gasteiger partial charge in [0, 0.05) is 6.04 Å². The van der Waals surface area contributed by atoms with Gasteiger partial charge in [0.1, 0.15) is 15.8 Å². The molecule has 0 aliphatic heterocycles. The molecule has 140 valence electrons. The molecule has 2 rings (SSSR count). The molecule has 1 aromatic carbocycles. The zero-order valence-electron chi connectivity index (χ0n) is 13.8. The number of sulfonamides is 2. The molecule has 0 amide bonds. The van der Waals surface area contributed by atoms with Gasteiger partial charge in [-0.1, -0.05) is 31.9 Å². The van der Waals surface area contributed by atoms with Crippen molar-refractivity contribution >= 4 is 26.0 Å². The number of carboxylic acids is 1. The molecule has 1 fully saturated rings. The van der Waals surface area contributed by atoms with Crippen LogP contribution in [0.4, 0.5) is 0 Å². The summed E-state index contributed by atoms with van der Waals surface area (Å²) in [5, 5.41) is 9.21. The summed E-state index contributed by atoms with van der Waals surface area (Å²) < 4.78 is 54.6. The van der Waals surface area contributed by atoms with Crippen LogP contribution in [0.3, 0.4) is 0 Å². The number of unbranched alkanes of at least 4 members (excludes halogenated alkanes) is 1. The molecule has 0 aromatic heterocycles. The zero-order chi connectivity index (χ0) is 18.7. The van der Waals surface area contributed by atoms with Crippen molar-refractivity contribution in [1.82, 2.24) is 9.44 Å². The molecule has 0 bridgehead atoms. The number of aliphatic carboxylic acids is 1. The minimum Gasteiger partial charge on any atom is -0.480 e. The van der Waals surface area contributed by atoms with E-state index < -0.39 is 37.0 Å². The van der Waals surface area contributed by atoms with E-state index in [0.29, 0.717) is 25.7 Å². The van der Waals surface area contributed by atoms with Crippen molar-refractivity contribution in [3.05, 3.63) is 24.3 Å². The molecular weight excluding hydrogens is 368 g/mol. The molecule has 0 unspecified atom stereocenters. The lowest BCUT2D eigenvalue weighted by Gasteiger charge is -2.16. The Kier molecular flexibility index (Phi) is 6.20. The van der Waals surface area contributed by atoms with E-state index >= 15 is 0 Å². The van der Waals surface area contributed by atoms with Crippen LogP contribution in [0.25, 0.3) is 0 Å². The fourth-order valence-corrected chi connectivity index (χ4v) is 5.63. The first-order chi connectivity index (χ1) is 11.7. The van der Waals surface area contributed by atoms with E-state index in [2.05, 4.69) is 9.44 Å². The third-order valence-electron chi connectivity index (χ3n) is 3.77. The van der Waals surface area contributed by atoms with Crippen molar-refractivity contribution in [2.45, 2.75) is 60.9 Å². The average molecular weight is 390 g/mol. The number of hydrogen-bond donors (Lipinski definition) is 3. The number of nitrogens with one attached hydrogen (secondary N) is 2. The van der Waals surface area contributed by atoms with Crippen LogP contribution in [0.2, 0.25) is 0 Å². The molecule has 3 N–H and O–H groups in total. The zero-order valence-corrected chi connectivity index (χ0v) is 15.4. The van der Waals surface area contributed by atoms with Gasteiger partial charge in [-0.2, -0.15) is 4.72 Å². The highest BCUT2D eigenvalue weighted by Gasteiger charge is 2.33. The topological polar surface area (TPSA) is 130 Å². The van der Waals surface area contributed by atoms with Crippen molar-refractivity contribution in [1.29, 1.82) is 0 Å². The maximum Gasteiger partial charge on any atom is 0.321 e. The highest BCUT2D eigenvalue weighted by Crippen LogP contribution is 2.26. The van der Waals surface area contributed by atoms with Crippen LogP contribution < -0.4 is 9.44 Å². The highest BCUT2D eigenvalue weighted by atomic mass is 32.2.